The summed E-state index contributed by atoms with van der Waals surface area (Å²) < 4.78 is 27.1. The predicted molar refractivity (Wildman–Crippen MR) is 62.8 cm³/mol. The molecule has 0 saturated carbocycles. The van der Waals surface area contributed by atoms with E-state index >= 15 is 0 Å². The summed E-state index contributed by atoms with van der Waals surface area (Å²) in [6.45, 7) is 0. The first-order chi connectivity index (χ1) is 8.08. The molecule has 88 valence electrons. The second kappa shape index (κ2) is 4.67. The van der Waals surface area contributed by atoms with Crippen LogP contribution in [0.5, 0.6) is 0 Å². The molecule has 2 aromatic rings. The van der Waals surface area contributed by atoms with Gasteiger partial charge in [0.05, 0.1) is 0 Å². The molecule has 6 heteroatoms. The first-order valence-electron chi connectivity index (χ1n) is 4.67. The Hall–Kier alpha value is -1.69. The number of hydrogen-bond acceptors (Lipinski definition) is 1. The summed E-state index contributed by atoms with van der Waals surface area (Å²) in [6, 6.07) is 5.27. The lowest BCUT2D eigenvalue weighted by molar-refractivity contribution is 0.102. The van der Waals surface area contributed by atoms with E-state index in [0.29, 0.717) is 0 Å². The van der Waals surface area contributed by atoms with Gasteiger partial charge in [0.2, 0.25) is 0 Å². The summed E-state index contributed by atoms with van der Waals surface area (Å²) in [5.74, 6) is -2.27. The normalized spacial score (nSPS) is 10.3. The molecule has 1 heterocycles. The van der Waals surface area contributed by atoms with Crippen molar-refractivity contribution in [3.63, 3.8) is 0 Å². The number of anilines is 1. The van der Waals surface area contributed by atoms with Crippen LogP contribution in [0.4, 0.5) is 14.5 Å². The van der Waals surface area contributed by atoms with Crippen molar-refractivity contribution in [1.82, 2.24) is 4.98 Å². The Balaban J connectivity index is 2.28. The van der Waals surface area contributed by atoms with Crippen LogP contribution in [0.25, 0.3) is 0 Å². The van der Waals surface area contributed by atoms with Crippen LogP contribution in [0, 0.1) is 11.6 Å². The second-order valence-corrected chi connectivity index (χ2v) is 4.20. The summed E-state index contributed by atoms with van der Waals surface area (Å²) in [7, 11) is 0. The van der Waals surface area contributed by atoms with Crippen molar-refractivity contribution in [1.29, 1.82) is 0 Å². The predicted octanol–water partition coefficient (Wildman–Crippen LogP) is 3.31. The van der Waals surface area contributed by atoms with E-state index in [1.807, 2.05) is 0 Å². The first-order valence-corrected chi connectivity index (χ1v) is 5.46. The Bertz CT molecular complexity index is 532. The number of H-pyrrole nitrogens is 1. The van der Waals surface area contributed by atoms with E-state index < -0.39 is 23.2 Å². The van der Waals surface area contributed by atoms with Crippen molar-refractivity contribution in [3.8, 4) is 0 Å². The first kappa shape index (κ1) is 11.8. The van der Waals surface area contributed by atoms with Crippen molar-refractivity contribution < 1.29 is 13.6 Å². The topological polar surface area (TPSA) is 44.9 Å². The maximum Gasteiger partial charge on any atom is 0.272 e. The fourth-order valence-corrected chi connectivity index (χ4v) is 1.72. The van der Waals surface area contributed by atoms with Gasteiger partial charge in [-0.1, -0.05) is 15.9 Å². The van der Waals surface area contributed by atoms with Crippen LogP contribution in [0.1, 0.15) is 10.5 Å². The molecule has 17 heavy (non-hydrogen) atoms. The smallest absolute Gasteiger partial charge is 0.272 e. The third-order valence-electron chi connectivity index (χ3n) is 2.09. The Morgan fingerprint density at radius 3 is 2.47 bits per heavy atom. The molecule has 0 bridgehead atoms. The van der Waals surface area contributed by atoms with E-state index in [0.717, 1.165) is 12.1 Å². The maximum atomic E-state index is 13.4. The third kappa shape index (κ3) is 2.52. The minimum atomic E-state index is -0.836. The quantitative estimate of drug-likeness (QED) is 0.878. The highest BCUT2D eigenvalue weighted by molar-refractivity contribution is 9.10. The largest absolute Gasteiger partial charge is 0.357 e. The Kier molecular flexibility index (Phi) is 3.23. The summed E-state index contributed by atoms with van der Waals surface area (Å²) in [6.07, 6.45) is 1.54. The van der Waals surface area contributed by atoms with Crippen molar-refractivity contribution >= 4 is 27.5 Å². The third-order valence-corrected chi connectivity index (χ3v) is 2.55. The van der Waals surface area contributed by atoms with Gasteiger partial charge in [0.25, 0.3) is 5.91 Å². The Labute approximate surface area is 104 Å². The number of carbonyl (C=O) groups excluding carboxylic acids is 1. The minimum absolute atomic E-state index is 0.228. The molecule has 0 spiro atoms. The van der Waals surface area contributed by atoms with Gasteiger partial charge in [0.15, 0.2) is 11.6 Å². The van der Waals surface area contributed by atoms with Crippen molar-refractivity contribution in [3.05, 3.63) is 52.3 Å². The molecule has 0 unspecified atom stereocenters. The van der Waals surface area contributed by atoms with Gasteiger partial charge in [-0.25, -0.2) is 8.78 Å². The summed E-state index contributed by atoms with van der Waals surface area (Å²) >= 11 is 2.95. The fraction of sp³-hybridized carbons (Fsp3) is 0. The van der Waals surface area contributed by atoms with E-state index in [4.69, 9.17) is 0 Å². The molecule has 3 nitrogen and oxygen atoms in total. The number of hydrogen-bond donors (Lipinski definition) is 2. The zero-order valence-corrected chi connectivity index (χ0v) is 10.0. The number of carbonyl (C=O) groups is 1. The van der Waals surface area contributed by atoms with Gasteiger partial charge >= 0.3 is 0 Å². The van der Waals surface area contributed by atoms with Gasteiger partial charge < -0.3 is 10.3 Å². The molecular formula is C11H7BrF2N2O. The summed E-state index contributed by atoms with van der Waals surface area (Å²) in [4.78, 5) is 14.2. The lowest BCUT2D eigenvalue weighted by Gasteiger charge is -2.07. The molecule has 1 aromatic carbocycles. The number of aromatic nitrogens is 1. The maximum absolute atomic E-state index is 13.4. The van der Waals surface area contributed by atoms with Crippen LogP contribution in [0.2, 0.25) is 0 Å². The molecule has 0 atom stereocenters. The molecule has 0 saturated heterocycles. The number of benzene rings is 1. The summed E-state index contributed by atoms with van der Waals surface area (Å²) in [5.41, 5.74) is -0.237. The van der Waals surface area contributed by atoms with E-state index in [2.05, 4.69) is 26.2 Å². The van der Waals surface area contributed by atoms with Gasteiger partial charge in [0.1, 0.15) is 11.4 Å². The number of amides is 1. The molecule has 1 aromatic heterocycles. The lowest BCUT2D eigenvalue weighted by Crippen LogP contribution is -2.14. The minimum Gasteiger partial charge on any atom is -0.357 e. The molecule has 2 N–H and O–H groups in total. The highest BCUT2D eigenvalue weighted by Gasteiger charge is 2.14. The van der Waals surface area contributed by atoms with E-state index in [9.17, 15) is 13.6 Å². The van der Waals surface area contributed by atoms with Gasteiger partial charge in [-0.2, -0.15) is 0 Å². The van der Waals surface area contributed by atoms with Crippen LogP contribution < -0.4 is 5.32 Å². The average Bonchev–Trinajstić information content (AvgIpc) is 2.76. The number of nitrogens with one attached hydrogen (secondary N) is 2. The van der Waals surface area contributed by atoms with E-state index in [-0.39, 0.29) is 10.2 Å². The monoisotopic (exact) mass is 300 g/mol. The lowest BCUT2D eigenvalue weighted by atomic mass is 10.2. The number of halogens is 3. The van der Waals surface area contributed by atoms with Crippen LogP contribution in [-0.2, 0) is 0 Å². The van der Waals surface area contributed by atoms with Crippen LogP contribution >= 0.6 is 15.9 Å². The number of rotatable bonds is 2. The molecular weight excluding hydrogens is 294 g/mol. The second-order valence-electron chi connectivity index (χ2n) is 3.28. The Morgan fingerprint density at radius 1 is 1.29 bits per heavy atom. The summed E-state index contributed by atoms with van der Waals surface area (Å²) in [5, 5.41) is 2.17. The molecule has 0 aliphatic rings. The van der Waals surface area contributed by atoms with Crippen molar-refractivity contribution in [2.24, 2.45) is 0 Å². The molecule has 0 radical (unpaired) electrons. The van der Waals surface area contributed by atoms with E-state index in [1.54, 1.807) is 12.3 Å². The van der Waals surface area contributed by atoms with Crippen molar-refractivity contribution in [2.45, 2.75) is 0 Å². The highest BCUT2D eigenvalue weighted by Crippen LogP contribution is 2.24. The van der Waals surface area contributed by atoms with Crippen molar-refractivity contribution in [2.75, 3.05) is 5.32 Å². The average molecular weight is 301 g/mol. The van der Waals surface area contributed by atoms with Gasteiger partial charge in [-0.05, 0) is 24.3 Å². The molecule has 0 fully saturated rings. The fourth-order valence-electron chi connectivity index (χ4n) is 1.31. The Morgan fingerprint density at radius 2 is 1.94 bits per heavy atom. The van der Waals surface area contributed by atoms with Crippen LogP contribution in [0.15, 0.2) is 34.9 Å². The molecule has 0 aliphatic heterocycles. The molecule has 2 rings (SSSR count). The molecule has 1 amide bonds. The SMILES string of the molecule is O=C(Nc1c(F)cc(Br)cc1F)c1ccc[nH]1. The zero-order chi connectivity index (χ0) is 12.4. The zero-order valence-electron chi connectivity index (χ0n) is 8.43. The standard InChI is InChI=1S/C11H7BrF2N2O/c12-6-4-7(13)10(8(14)5-6)16-11(17)9-2-1-3-15-9/h1-5,15H,(H,16,17). The van der Waals surface area contributed by atoms with Gasteiger partial charge in [0, 0.05) is 10.7 Å². The van der Waals surface area contributed by atoms with Crippen LogP contribution in [-0.4, -0.2) is 10.9 Å². The number of aromatic amines is 1. The van der Waals surface area contributed by atoms with Crippen LogP contribution in [0.3, 0.4) is 0 Å². The van der Waals surface area contributed by atoms with Gasteiger partial charge in [-0.3, -0.25) is 4.79 Å². The highest BCUT2D eigenvalue weighted by atomic mass is 79.9. The molecule has 0 aliphatic carbocycles. The van der Waals surface area contributed by atoms with E-state index in [1.165, 1.54) is 6.07 Å². The van der Waals surface area contributed by atoms with Gasteiger partial charge in [-0.15, -0.1) is 0 Å².